The van der Waals surface area contributed by atoms with E-state index in [1.54, 1.807) is 0 Å². The van der Waals surface area contributed by atoms with Gasteiger partial charge in [0, 0.05) is 0 Å². The molecule has 1 saturated carbocycles. The summed E-state index contributed by atoms with van der Waals surface area (Å²) in [5.41, 5.74) is 1.41. The molecule has 0 bridgehead atoms. The number of aliphatic hydroxyl groups is 1. The van der Waals surface area contributed by atoms with Crippen molar-refractivity contribution in [3.8, 4) is 5.75 Å². The van der Waals surface area contributed by atoms with Crippen LogP contribution in [0.2, 0.25) is 0 Å². The van der Waals surface area contributed by atoms with Gasteiger partial charge >= 0.3 is 0 Å². The van der Waals surface area contributed by atoms with Gasteiger partial charge in [-0.15, -0.1) is 0 Å². The van der Waals surface area contributed by atoms with Gasteiger partial charge in [-0.1, -0.05) is 31.9 Å². The fourth-order valence-corrected chi connectivity index (χ4v) is 2.50. The second kappa shape index (κ2) is 5.35. The lowest BCUT2D eigenvalue weighted by Gasteiger charge is -2.26. The van der Waals surface area contributed by atoms with Crippen LogP contribution in [0.1, 0.15) is 44.1 Å². The smallest absolute Gasteiger partial charge is 0.186 e. The summed E-state index contributed by atoms with van der Waals surface area (Å²) in [4.78, 5) is 0. The highest BCUT2D eigenvalue weighted by Crippen LogP contribution is 2.35. The predicted molar refractivity (Wildman–Crippen MR) is 64.5 cm³/mol. The van der Waals surface area contributed by atoms with Gasteiger partial charge in [-0.25, -0.2) is 0 Å². The summed E-state index contributed by atoms with van der Waals surface area (Å²) < 4.78 is 5.02. The maximum Gasteiger partial charge on any atom is 0.186 e. The Kier molecular flexibility index (Phi) is 3.83. The minimum absolute atomic E-state index is 0.250. The Bertz CT molecular complexity index is 310. The van der Waals surface area contributed by atoms with E-state index in [0.717, 1.165) is 17.6 Å². The molecule has 88 valence electrons. The average Bonchev–Trinajstić information content (AvgIpc) is 2.32. The second-order valence-corrected chi connectivity index (χ2v) is 4.80. The number of rotatable bonds is 3. The van der Waals surface area contributed by atoms with E-state index in [4.69, 9.17) is 9.84 Å². The summed E-state index contributed by atoms with van der Waals surface area (Å²) in [6.07, 6.45) is 5.31. The number of aliphatic hydroxyl groups excluding tert-OH is 1. The van der Waals surface area contributed by atoms with Gasteiger partial charge in [0.05, 0.1) is 0 Å². The molecule has 0 radical (unpaired) electrons. The molecule has 0 aromatic heterocycles. The molecule has 1 aliphatic rings. The van der Waals surface area contributed by atoms with Crippen LogP contribution < -0.4 is 4.74 Å². The maximum absolute atomic E-state index is 8.64. The van der Waals surface area contributed by atoms with Crippen molar-refractivity contribution in [2.45, 2.75) is 38.5 Å². The summed E-state index contributed by atoms with van der Waals surface area (Å²) in [6.45, 7) is 2.09. The lowest BCUT2D eigenvalue weighted by molar-refractivity contribution is 0.0985. The normalized spacial score (nSPS) is 25.4. The zero-order valence-electron chi connectivity index (χ0n) is 9.86. The molecular formula is C14H20O2. The van der Waals surface area contributed by atoms with E-state index in [9.17, 15) is 0 Å². The second-order valence-electron chi connectivity index (χ2n) is 4.80. The molecule has 2 nitrogen and oxygen atoms in total. The SMILES string of the molecule is CC1CCC(c2ccc(OCO)cc2)CC1. The van der Waals surface area contributed by atoms with Crippen molar-refractivity contribution < 1.29 is 9.84 Å². The lowest BCUT2D eigenvalue weighted by Crippen LogP contribution is -2.10. The average molecular weight is 220 g/mol. The van der Waals surface area contributed by atoms with Gasteiger partial charge in [0.2, 0.25) is 0 Å². The molecule has 0 saturated heterocycles. The van der Waals surface area contributed by atoms with Crippen molar-refractivity contribution in [3.63, 3.8) is 0 Å². The Balaban J connectivity index is 1.98. The molecule has 1 N–H and O–H groups in total. The van der Waals surface area contributed by atoms with Crippen LogP contribution in [0, 0.1) is 5.92 Å². The van der Waals surface area contributed by atoms with Gasteiger partial charge in [0.15, 0.2) is 6.79 Å². The monoisotopic (exact) mass is 220 g/mol. The summed E-state index contributed by atoms with van der Waals surface area (Å²) in [6, 6.07) is 8.16. The fraction of sp³-hybridized carbons (Fsp3) is 0.571. The van der Waals surface area contributed by atoms with Gasteiger partial charge in [-0.3, -0.25) is 0 Å². The Morgan fingerprint density at radius 2 is 1.75 bits per heavy atom. The van der Waals surface area contributed by atoms with Gasteiger partial charge in [-0.2, -0.15) is 0 Å². The highest BCUT2D eigenvalue weighted by atomic mass is 16.6. The summed E-state index contributed by atoms with van der Waals surface area (Å²) in [5.74, 6) is 2.36. The van der Waals surface area contributed by atoms with E-state index in [0.29, 0.717) is 0 Å². The molecule has 0 amide bonds. The van der Waals surface area contributed by atoms with Crippen molar-refractivity contribution in [2.24, 2.45) is 5.92 Å². The first-order valence-corrected chi connectivity index (χ1v) is 6.13. The number of hydrogen-bond donors (Lipinski definition) is 1. The molecule has 2 rings (SSSR count). The number of hydrogen-bond acceptors (Lipinski definition) is 2. The molecule has 0 spiro atoms. The van der Waals surface area contributed by atoms with Gasteiger partial charge in [0.1, 0.15) is 5.75 Å². The molecule has 16 heavy (non-hydrogen) atoms. The Morgan fingerprint density at radius 1 is 1.12 bits per heavy atom. The largest absolute Gasteiger partial charge is 0.468 e. The van der Waals surface area contributed by atoms with E-state index in [-0.39, 0.29) is 6.79 Å². The van der Waals surface area contributed by atoms with Gasteiger partial charge < -0.3 is 9.84 Å². The molecule has 0 atom stereocenters. The van der Waals surface area contributed by atoms with Crippen molar-refractivity contribution in [3.05, 3.63) is 29.8 Å². The number of benzene rings is 1. The fourth-order valence-electron chi connectivity index (χ4n) is 2.50. The van der Waals surface area contributed by atoms with Crippen LogP contribution >= 0.6 is 0 Å². The van der Waals surface area contributed by atoms with Crippen LogP contribution in [0.4, 0.5) is 0 Å². The zero-order valence-corrected chi connectivity index (χ0v) is 9.86. The molecule has 2 heteroatoms. The van der Waals surface area contributed by atoms with Gasteiger partial charge in [-0.05, 0) is 42.4 Å². The predicted octanol–water partition coefficient (Wildman–Crippen LogP) is 3.31. The van der Waals surface area contributed by atoms with Gasteiger partial charge in [0.25, 0.3) is 0 Å². The summed E-state index contributed by atoms with van der Waals surface area (Å²) in [7, 11) is 0. The first-order chi connectivity index (χ1) is 7.79. The molecular weight excluding hydrogens is 200 g/mol. The van der Waals surface area contributed by atoms with Crippen LogP contribution in [0.5, 0.6) is 5.75 Å². The van der Waals surface area contributed by atoms with Crippen LogP contribution in [0.3, 0.4) is 0 Å². The standard InChI is InChI=1S/C14H20O2/c1-11-2-4-12(5-3-11)13-6-8-14(9-7-13)16-10-15/h6-9,11-12,15H,2-5,10H2,1H3. The molecule has 0 heterocycles. The Labute approximate surface area is 97.3 Å². The topological polar surface area (TPSA) is 29.5 Å². The molecule has 0 unspecified atom stereocenters. The maximum atomic E-state index is 8.64. The zero-order chi connectivity index (χ0) is 11.4. The quantitative estimate of drug-likeness (QED) is 0.792. The van der Waals surface area contributed by atoms with Crippen molar-refractivity contribution in [1.82, 2.24) is 0 Å². The number of ether oxygens (including phenoxy) is 1. The van der Waals surface area contributed by atoms with E-state index in [2.05, 4.69) is 19.1 Å². The molecule has 1 aliphatic carbocycles. The Morgan fingerprint density at radius 3 is 2.31 bits per heavy atom. The highest BCUT2D eigenvalue weighted by Gasteiger charge is 2.19. The van der Waals surface area contributed by atoms with E-state index >= 15 is 0 Å². The van der Waals surface area contributed by atoms with Crippen molar-refractivity contribution in [1.29, 1.82) is 0 Å². The molecule has 0 aliphatic heterocycles. The third-order valence-corrected chi connectivity index (χ3v) is 3.60. The van der Waals surface area contributed by atoms with E-state index < -0.39 is 0 Å². The van der Waals surface area contributed by atoms with Crippen molar-refractivity contribution >= 4 is 0 Å². The summed E-state index contributed by atoms with van der Waals surface area (Å²) in [5, 5.41) is 8.64. The molecule has 1 fully saturated rings. The van der Waals surface area contributed by atoms with E-state index in [1.807, 2.05) is 12.1 Å². The van der Waals surface area contributed by atoms with Crippen LogP contribution in [-0.4, -0.2) is 11.9 Å². The third-order valence-electron chi connectivity index (χ3n) is 3.60. The van der Waals surface area contributed by atoms with Crippen LogP contribution in [0.25, 0.3) is 0 Å². The highest BCUT2D eigenvalue weighted by molar-refractivity contribution is 5.29. The third kappa shape index (κ3) is 2.76. The lowest BCUT2D eigenvalue weighted by atomic mass is 9.79. The summed E-state index contributed by atoms with van der Waals surface area (Å²) >= 11 is 0. The molecule has 1 aromatic rings. The van der Waals surface area contributed by atoms with E-state index in [1.165, 1.54) is 31.2 Å². The minimum atomic E-state index is -0.250. The Hall–Kier alpha value is -1.02. The van der Waals surface area contributed by atoms with Crippen LogP contribution in [-0.2, 0) is 0 Å². The molecule has 1 aromatic carbocycles. The van der Waals surface area contributed by atoms with Crippen molar-refractivity contribution in [2.75, 3.05) is 6.79 Å². The van der Waals surface area contributed by atoms with Crippen LogP contribution in [0.15, 0.2) is 24.3 Å². The first kappa shape index (κ1) is 11.5. The first-order valence-electron chi connectivity index (χ1n) is 6.13. The minimum Gasteiger partial charge on any atom is -0.468 e.